The molecule has 1 atom stereocenters. The molecule has 0 saturated heterocycles. The Morgan fingerprint density at radius 2 is 2.07 bits per heavy atom. The van der Waals surface area contributed by atoms with E-state index in [4.69, 9.17) is 16.6 Å². The van der Waals surface area contributed by atoms with Crippen molar-refractivity contribution >= 4 is 46.3 Å². The highest BCUT2D eigenvalue weighted by Gasteiger charge is 2.36. The fourth-order valence-electron chi connectivity index (χ4n) is 3.43. The summed E-state index contributed by atoms with van der Waals surface area (Å²) < 4.78 is 0. The first-order valence-electron chi connectivity index (χ1n) is 9.81. The molecule has 1 aliphatic heterocycles. The van der Waals surface area contributed by atoms with Crippen LogP contribution >= 0.6 is 34.7 Å². The maximum absolute atomic E-state index is 12.9. The topological polar surface area (TPSA) is 41.5 Å². The molecule has 29 heavy (non-hydrogen) atoms. The van der Waals surface area contributed by atoms with E-state index in [9.17, 15) is 4.79 Å². The largest absolute Gasteiger partial charge is 0.355 e. The van der Waals surface area contributed by atoms with Crippen molar-refractivity contribution < 1.29 is 4.79 Å². The average molecular weight is 443 g/mol. The number of benzene rings is 1. The molecule has 0 fully saturated rings. The van der Waals surface area contributed by atoms with Gasteiger partial charge in [-0.2, -0.15) is 0 Å². The first-order chi connectivity index (χ1) is 14.0. The Kier molecular flexibility index (Phi) is 6.00. The van der Waals surface area contributed by atoms with Gasteiger partial charge in [-0.25, -0.2) is 0 Å². The number of hydrogen-bond acceptors (Lipinski definition) is 4. The molecule has 1 aromatic carbocycles. The molecule has 0 radical (unpaired) electrons. The predicted octanol–water partition coefficient (Wildman–Crippen LogP) is 6.44. The summed E-state index contributed by atoms with van der Waals surface area (Å²) in [6.07, 6.45) is 6.76. The molecule has 2 aliphatic rings. The number of fused-ring (bicyclic) bond motifs is 1. The highest BCUT2D eigenvalue weighted by molar-refractivity contribution is 8.03. The number of aliphatic imine (C=N–C) groups is 1. The predicted molar refractivity (Wildman–Crippen MR) is 124 cm³/mol. The van der Waals surface area contributed by atoms with Gasteiger partial charge in [-0.3, -0.25) is 9.79 Å². The standard InChI is InChI=1S/C23H23ClN2OS2/c1-3-4-12-25-22(27)23(2)11-9-18-17(14-23)26-20(15-5-7-16(24)8-6-15)21-19(29-18)10-13-28-21/h5-11,13H,3-4,12,14H2,1-2H3,(H,25,27). The molecule has 1 amide bonds. The number of thiophene rings is 1. The molecule has 0 saturated carbocycles. The minimum atomic E-state index is -0.584. The van der Waals surface area contributed by atoms with E-state index in [1.54, 1.807) is 23.1 Å². The summed E-state index contributed by atoms with van der Waals surface area (Å²) in [4.78, 5) is 21.4. The number of rotatable bonds is 5. The maximum atomic E-state index is 12.9. The van der Waals surface area contributed by atoms with Crippen LogP contribution in [0.2, 0.25) is 5.02 Å². The molecule has 1 aliphatic carbocycles. The van der Waals surface area contributed by atoms with Gasteiger partial charge in [0.25, 0.3) is 0 Å². The fourth-order valence-corrected chi connectivity index (χ4v) is 5.65. The average Bonchev–Trinajstić information content (AvgIpc) is 3.11. The summed E-state index contributed by atoms with van der Waals surface area (Å²) in [7, 11) is 0. The molecule has 2 aromatic rings. The Labute approximate surface area is 185 Å². The molecule has 1 aromatic heterocycles. The van der Waals surface area contributed by atoms with Gasteiger partial charge in [0.15, 0.2) is 0 Å². The molecule has 3 nitrogen and oxygen atoms in total. The highest BCUT2D eigenvalue weighted by Crippen LogP contribution is 2.45. The number of carbonyl (C=O) groups is 1. The lowest BCUT2D eigenvalue weighted by Crippen LogP contribution is -2.39. The molecule has 1 N–H and O–H groups in total. The normalized spacial score (nSPS) is 20.6. The third-order valence-corrected chi connectivity index (χ3v) is 7.64. The van der Waals surface area contributed by atoms with Gasteiger partial charge >= 0.3 is 0 Å². The fraction of sp³-hybridized carbons (Fsp3) is 0.304. The van der Waals surface area contributed by atoms with Crippen LogP contribution < -0.4 is 5.32 Å². The van der Waals surface area contributed by atoms with Gasteiger partial charge in [0.2, 0.25) is 5.91 Å². The van der Waals surface area contributed by atoms with Crippen molar-refractivity contribution in [3.05, 3.63) is 73.9 Å². The summed E-state index contributed by atoms with van der Waals surface area (Å²) in [6, 6.07) is 9.95. The molecule has 1 unspecified atom stereocenters. The lowest BCUT2D eigenvalue weighted by molar-refractivity contribution is -0.127. The lowest BCUT2D eigenvalue weighted by atomic mass is 9.81. The minimum Gasteiger partial charge on any atom is -0.355 e. The maximum Gasteiger partial charge on any atom is 0.230 e. The van der Waals surface area contributed by atoms with Crippen molar-refractivity contribution in [3.8, 4) is 0 Å². The number of nitrogens with one attached hydrogen (secondary N) is 1. The van der Waals surface area contributed by atoms with Gasteiger partial charge in [-0.15, -0.1) is 11.3 Å². The van der Waals surface area contributed by atoms with E-state index in [2.05, 4.69) is 29.8 Å². The molecular weight excluding hydrogens is 420 g/mol. The van der Waals surface area contributed by atoms with Crippen LogP contribution in [-0.4, -0.2) is 18.2 Å². The molecule has 4 rings (SSSR count). The van der Waals surface area contributed by atoms with E-state index >= 15 is 0 Å². The Morgan fingerprint density at radius 3 is 2.83 bits per heavy atom. The zero-order valence-corrected chi connectivity index (χ0v) is 18.9. The molecule has 150 valence electrons. The van der Waals surface area contributed by atoms with E-state index in [1.807, 2.05) is 37.3 Å². The molecule has 6 heteroatoms. The minimum absolute atomic E-state index is 0.0704. The van der Waals surface area contributed by atoms with Crippen molar-refractivity contribution in [1.82, 2.24) is 5.32 Å². The smallest absolute Gasteiger partial charge is 0.230 e. The quantitative estimate of drug-likeness (QED) is 0.541. The van der Waals surface area contributed by atoms with Crippen LogP contribution in [0.4, 0.5) is 0 Å². The Hall–Kier alpha value is -1.82. The van der Waals surface area contributed by atoms with Crippen LogP contribution in [0.5, 0.6) is 0 Å². The van der Waals surface area contributed by atoms with Crippen LogP contribution in [0.25, 0.3) is 0 Å². The first kappa shape index (κ1) is 20.5. The third kappa shape index (κ3) is 4.23. The van der Waals surface area contributed by atoms with Gasteiger partial charge in [0.05, 0.1) is 21.7 Å². The van der Waals surface area contributed by atoms with Crippen molar-refractivity contribution in [1.29, 1.82) is 0 Å². The SMILES string of the molecule is CCCCNC(=O)C1(C)C=CC2=C(C1)N=C(c1ccc(Cl)cc1)c1sccc1S2. The zero-order chi connectivity index (χ0) is 20.4. The van der Waals surface area contributed by atoms with Gasteiger partial charge < -0.3 is 5.32 Å². The van der Waals surface area contributed by atoms with Crippen molar-refractivity contribution in [2.45, 2.75) is 38.0 Å². The van der Waals surface area contributed by atoms with Crippen LogP contribution in [0.3, 0.4) is 0 Å². The van der Waals surface area contributed by atoms with Crippen LogP contribution in [-0.2, 0) is 4.79 Å². The Balaban J connectivity index is 1.69. The number of unbranched alkanes of at least 4 members (excludes halogenated alkanes) is 1. The Morgan fingerprint density at radius 1 is 1.28 bits per heavy atom. The zero-order valence-electron chi connectivity index (χ0n) is 16.5. The van der Waals surface area contributed by atoms with Crippen molar-refractivity contribution in [2.75, 3.05) is 6.54 Å². The van der Waals surface area contributed by atoms with Crippen LogP contribution in [0.15, 0.2) is 68.4 Å². The Bertz CT molecular complexity index is 1020. The van der Waals surface area contributed by atoms with Gasteiger partial charge in [-0.1, -0.05) is 54.9 Å². The summed E-state index contributed by atoms with van der Waals surface area (Å²) in [5, 5.41) is 5.90. The first-order valence-corrected chi connectivity index (χ1v) is 11.9. The van der Waals surface area contributed by atoms with Crippen molar-refractivity contribution in [2.24, 2.45) is 10.4 Å². The lowest BCUT2D eigenvalue weighted by Gasteiger charge is -2.29. The molecule has 0 bridgehead atoms. The van der Waals surface area contributed by atoms with Gasteiger partial charge in [0, 0.05) is 33.4 Å². The number of nitrogens with zero attached hydrogens (tertiary/aromatic N) is 1. The second kappa shape index (κ2) is 8.50. The number of halogens is 1. The summed E-state index contributed by atoms with van der Waals surface area (Å²) >= 11 is 9.52. The van der Waals surface area contributed by atoms with E-state index in [0.29, 0.717) is 11.4 Å². The number of hydrogen-bond donors (Lipinski definition) is 1. The van der Waals surface area contributed by atoms with E-state index < -0.39 is 5.41 Å². The van der Waals surface area contributed by atoms with Crippen molar-refractivity contribution in [3.63, 3.8) is 0 Å². The number of amides is 1. The second-order valence-electron chi connectivity index (χ2n) is 7.53. The van der Waals surface area contributed by atoms with Gasteiger partial charge in [-0.05, 0) is 43.0 Å². The monoisotopic (exact) mass is 442 g/mol. The van der Waals surface area contributed by atoms with E-state index in [-0.39, 0.29) is 5.91 Å². The summed E-state index contributed by atoms with van der Waals surface area (Å²) in [5.41, 5.74) is 2.38. The second-order valence-corrected chi connectivity index (χ2v) is 9.97. The van der Waals surface area contributed by atoms with Crippen LogP contribution in [0.1, 0.15) is 43.6 Å². The number of allylic oxidation sites excluding steroid dienone is 2. The number of carbonyl (C=O) groups excluding carboxylic acids is 1. The molecular formula is C23H23ClN2OS2. The van der Waals surface area contributed by atoms with E-state index in [0.717, 1.165) is 46.1 Å². The summed E-state index contributed by atoms with van der Waals surface area (Å²) in [5.74, 6) is 0.0704. The highest BCUT2D eigenvalue weighted by atomic mass is 35.5. The number of thioether (sulfide) groups is 1. The van der Waals surface area contributed by atoms with E-state index in [1.165, 1.54) is 4.90 Å². The summed E-state index contributed by atoms with van der Waals surface area (Å²) in [6.45, 7) is 4.84. The van der Waals surface area contributed by atoms with Gasteiger partial charge in [0.1, 0.15) is 0 Å². The van der Waals surface area contributed by atoms with Crippen LogP contribution in [0, 0.1) is 5.41 Å². The molecule has 2 heterocycles. The third-order valence-electron chi connectivity index (χ3n) is 5.18. The molecule has 0 spiro atoms.